The topological polar surface area (TPSA) is 29.1 Å². The SMILES string of the molecule is [CH2]CCCNC(=O)c1ccc(/C=C/C)cc1. The Morgan fingerprint density at radius 3 is 2.62 bits per heavy atom. The first-order chi connectivity index (χ1) is 7.77. The fraction of sp³-hybridized carbons (Fsp3) is 0.286. The van der Waals surface area contributed by atoms with Crippen molar-refractivity contribution in [1.82, 2.24) is 5.32 Å². The number of amides is 1. The molecule has 1 aromatic carbocycles. The third-order valence-electron chi connectivity index (χ3n) is 2.24. The van der Waals surface area contributed by atoms with Crippen LogP contribution in [0.15, 0.2) is 30.3 Å². The molecule has 0 aliphatic carbocycles. The van der Waals surface area contributed by atoms with Gasteiger partial charge in [0.05, 0.1) is 0 Å². The maximum Gasteiger partial charge on any atom is 0.251 e. The highest BCUT2D eigenvalue weighted by Crippen LogP contribution is 2.06. The van der Waals surface area contributed by atoms with E-state index in [2.05, 4.69) is 12.2 Å². The summed E-state index contributed by atoms with van der Waals surface area (Å²) in [4.78, 5) is 11.6. The van der Waals surface area contributed by atoms with Gasteiger partial charge in [-0.3, -0.25) is 4.79 Å². The Morgan fingerprint density at radius 1 is 1.38 bits per heavy atom. The van der Waals surface area contributed by atoms with Gasteiger partial charge in [0, 0.05) is 12.1 Å². The third-order valence-corrected chi connectivity index (χ3v) is 2.24. The molecular weight excluding hydrogens is 198 g/mol. The van der Waals surface area contributed by atoms with Crippen LogP contribution in [0.4, 0.5) is 0 Å². The van der Waals surface area contributed by atoms with E-state index in [1.54, 1.807) is 0 Å². The van der Waals surface area contributed by atoms with Crippen molar-refractivity contribution in [3.8, 4) is 0 Å². The molecule has 1 amide bonds. The first-order valence-electron chi connectivity index (χ1n) is 5.58. The number of hydrogen-bond donors (Lipinski definition) is 1. The molecule has 0 saturated heterocycles. The zero-order chi connectivity index (χ0) is 11.8. The average Bonchev–Trinajstić information content (AvgIpc) is 2.30. The summed E-state index contributed by atoms with van der Waals surface area (Å²) < 4.78 is 0. The fourth-order valence-corrected chi connectivity index (χ4v) is 1.37. The molecule has 0 unspecified atom stereocenters. The largest absolute Gasteiger partial charge is 0.352 e. The molecule has 0 saturated carbocycles. The van der Waals surface area contributed by atoms with Gasteiger partial charge in [-0.15, -0.1) is 0 Å². The van der Waals surface area contributed by atoms with E-state index >= 15 is 0 Å². The molecule has 2 nitrogen and oxygen atoms in total. The number of carbonyl (C=O) groups is 1. The quantitative estimate of drug-likeness (QED) is 0.753. The van der Waals surface area contributed by atoms with Crippen molar-refractivity contribution >= 4 is 12.0 Å². The van der Waals surface area contributed by atoms with Gasteiger partial charge in [0.25, 0.3) is 5.91 Å². The highest BCUT2D eigenvalue weighted by Gasteiger charge is 2.02. The van der Waals surface area contributed by atoms with Gasteiger partial charge >= 0.3 is 0 Å². The molecule has 16 heavy (non-hydrogen) atoms. The van der Waals surface area contributed by atoms with Crippen molar-refractivity contribution in [2.24, 2.45) is 0 Å². The Kier molecular flexibility index (Phi) is 5.34. The summed E-state index contributed by atoms with van der Waals surface area (Å²) >= 11 is 0. The standard InChI is InChI=1S/C14H18NO/c1-3-5-11-15-14(16)13-9-7-12(6-4-2)8-10-13/h4,6-10H,1,3,5,11H2,2H3,(H,15,16)/b6-4+. The predicted molar refractivity (Wildman–Crippen MR) is 68.1 cm³/mol. The molecule has 1 aromatic rings. The zero-order valence-corrected chi connectivity index (χ0v) is 9.70. The Morgan fingerprint density at radius 2 is 2.06 bits per heavy atom. The van der Waals surface area contributed by atoms with E-state index in [0.717, 1.165) is 18.4 Å². The summed E-state index contributed by atoms with van der Waals surface area (Å²) in [5.41, 5.74) is 1.81. The minimum atomic E-state index is -0.0134. The van der Waals surface area contributed by atoms with Crippen LogP contribution in [0.25, 0.3) is 6.08 Å². The smallest absolute Gasteiger partial charge is 0.251 e. The van der Waals surface area contributed by atoms with Crippen LogP contribution in [0, 0.1) is 6.92 Å². The lowest BCUT2D eigenvalue weighted by molar-refractivity contribution is 0.0953. The maximum atomic E-state index is 11.6. The van der Waals surface area contributed by atoms with Crippen molar-refractivity contribution in [2.75, 3.05) is 6.54 Å². The average molecular weight is 216 g/mol. The van der Waals surface area contributed by atoms with Gasteiger partial charge < -0.3 is 5.32 Å². The Balaban J connectivity index is 2.56. The zero-order valence-electron chi connectivity index (χ0n) is 9.70. The Labute approximate surface area is 97.4 Å². The second kappa shape index (κ2) is 6.83. The number of unbranched alkanes of at least 4 members (excludes halogenated alkanes) is 1. The first-order valence-corrected chi connectivity index (χ1v) is 5.58. The Bertz CT molecular complexity index is 352. The summed E-state index contributed by atoms with van der Waals surface area (Å²) in [5, 5.41) is 2.85. The maximum absolute atomic E-state index is 11.6. The molecule has 85 valence electrons. The molecule has 0 bridgehead atoms. The van der Waals surface area contributed by atoms with E-state index in [0.29, 0.717) is 12.1 Å². The van der Waals surface area contributed by atoms with Crippen LogP contribution in [0.5, 0.6) is 0 Å². The van der Waals surface area contributed by atoms with Gasteiger partial charge in [-0.25, -0.2) is 0 Å². The first kappa shape index (κ1) is 12.5. The number of nitrogens with one attached hydrogen (secondary N) is 1. The van der Waals surface area contributed by atoms with E-state index in [-0.39, 0.29) is 5.91 Å². The van der Waals surface area contributed by atoms with Gasteiger partial charge in [0.15, 0.2) is 0 Å². The molecule has 2 heteroatoms. The minimum absolute atomic E-state index is 0.0134. The molecule has 1 rings (SSSR count). The van der Waals surface area contributed by atoms with Crippen LogP contribution in [0.1, 0.15) is 35.7 Å². The lowest BCUT2D eigenvalue weighted by Crippen LogP contribution is -2.24. The summed E-state index contributed by atoms with van der Waals surface area (Å²) in [7, 11) is 0. The summed E-state index contributed by atoms with van der Waals surface area (Å²) in [6.45, 7) is 6.39. The molecule has 0 atom stereocenters. The molecule has 0 spiro atoms. The lowest BCUT2D eigenvalue weighted by Gasteiger charge is -2.04. The van der Waals surface area contributed by atoms with E-state index in [1.807, 2.05) is 43.3 Å². The molecule has 0 aromatic heterocycles. The second-order valence-electron chi connectivity index (χ2n) is 3.59. The van der Waals surface area contributed by atoms with Crippen LogP contribution < -0.4 is 5.32 Å². The monoisotopic (exact) mass is 216 g/mol. The number of benzene rings is 1. The number of carbonyl (C=O) groups excluding carboxylic acids is 1. The van der Waals surface area contributed by atoms with Gasteiger partial charge in [-0.1, -0.05) is 37.6 Å². The van der Waals surface area contributed by atoms with Crippen LogP contribution >= 0.6 is 0 Å². The molecule has 0 aliphatic rings. The van der Waals surface area contributed by atoms with Crippen molar-refractivity contribution < 1.29 is 4.79 Å². The summed E-state index contributed by atoms with van der Waals surface area (Å²) in [6, 6.07) is 7.57. The number of hydrogen-bond acceptors (Lipinski definition) is 1. The van der Waals surface area contributed by atoms with Gasteiger partial charge in [0.2, 0.25) is 0 Å². The van der Waals surface area contributed by atoms with Gasteiger partial charge in [-0.05, 0) is 31.0 Å². The molecule has 1 N–H and O–H groups in total. The van der Waals surface area contributed by atoms with Gasteiger partial charge in [0.1, 0.15) is 0 Å². The fourth-order valence-electron chi connectivity index (χ4n) is 1.37. The van der Waals surface area contributed by atoms with Crippen molar-refractivity contribution in [3.63, 3.8) is 0 Å². The molecule has 0 fully saturated rings. The van der Waals surface area contributed by atoms with Crippen LogP contribution in [-0.4, -0.2) is 12.5 Å². The normalized spacial score (nSPS) is 10.6. The molecule has 0 heterocycles. The van der Waals surface area contributed by atoms with Crippen molar-refractivity contribution in [1.29, 1.82) is 0 Å². The highest BCUT2D eigenvalue weighted by atomic mass is 16.1. The van der Waals surface area contributed by atoms with Crippen LogP contribution in [0.3, 0.4) is 0 Å². The van der Waals surface area contributed by atoms with Crippen LogP contribution in [0.2, 0.25) is 0 Å². The minimum Gasteiger partial charge on any atom is -0.352 e. The van der Waals surface area contributed by atoms with E-state index in [1.165, 1.54) is 0 Å². The summed E-state index contributed by atoms with van der Waals surface area (Å²) in [5.74, 6) is -0.0134. The molecule has 0 aliphatic heterocycles. The number of allylic oxidation sites excluding steroid dienone is 1. The third kappa shape index (κ3) is 3.89. The number of rotatable bonds is 5. The van der Waals surface area contributed by atoms with Crippen molar-refractivity contribution in [3.05, 3.63) is 48.4 Å². The predicted octanol–water partition coefficient (Wildman–Crippen LogP) is 3.06. The van der Waals surface area contributed by atoms with E-state index in [4.69, 9.17) is 0 Å². The van der Waals surface area contributed by atoms with E-state index in [9.17, 15) is 4.79 Å². The van der Waals surface area contributed by atoms with Gasteiger partial charge in [-0.2, -0.15) is 0 Å². The van der Waals surface area contributed by atoms with E-state index < -0.39 is 0 Å². The second-order valence-corrected chi connectivity index (χ2v) is 3.59. The lowest BCUT2D eigenvalue weighted by atomic mass is 10.1. The Hall–Kier alpha value is -1.57. The van der Waals surface area contributed by atoms with Crippen LogP contribution in [-0.2, 0) is 0 Å². The molecule has 1 radical (unpaired) electrons. The highest BCUT2D eigenvalue weighted by molar-refractivity contribution is 5.94. The summed E-state index contributed by atoms with van der Waals surface area (Å²) in [6.07, 6.45) is 5.75. The molecular formula is C14H18NO. The van der Waals surface area contributed by atoms with Crippen molar-refractivity contribution in [2.45, 2.75) is 19.8 Å².